The maximum atomic E-state index is 12.7. The summed E-state index contributed by atoms with van der Waals surface area (Å²) in [5, 5.41) is 9.28. The highest BCUT2D eigenvalue weighted by molar-refractivity contribution is 7.89. The SMILES string of the molecule is CC1CC(C(=O)O)CN(c2ccc(S(=O)(=O)N3CCCCC3)cn2)C1. The average Bonchev–Trinajstić information content (AvgIpc) is 2.62. The molecule has 2 saturated heterocycles. The van der Waals surface area contributed by atoms with E-state index in [-0.39, 0.29) is 10.8 Å². The van der Waals surface area contributed by atoms with Crippen LogP contribution in [0.15, 0.2) is 23.2 Å². The summed E-state index contributed by atoms with van der Waals surface area (Å²) in [5.74, 6) is -0.313. The van der Waals surface area contributed by atoms with Crippen molar-refractivity contribution in [2.75, 3.05) is 31.1 Å². The molecule has 1 N–H and O–H groups in total. The first-order valence-corrected chi connectivity index (χ1v) is 10.3. The lowest BCUT2D eigenvalue weighted by molar-refractivity contribution is -0.142. The second-order valence-electron chi connectivity index (χ2n) is 7.10. The van der Waals surface area contributed by atoms with Crippen molar-refractivity contribution in [3.63, 3.8) is 0 Å². The number of sulfonamides is 1. The molecule has 0 saturated carbocycles. The second-order valence-corrected chi connectivity index (χ2v) is 9.04. The summed E-state index contributed by atoms with van der Waals surface area (Å²) in [6.07, 6.45) is 4.92. The lowest BCUT2D eigenvalue weighted by Gasteiger charge is -2.35. The van der Waals surface area contributed by atoms with Gasteiger partial charge in [0.2, 0.25) is 10.0 Å². The van der Waals surface area contributed by atoms with E-state index in [4.69, 9.17) is 0 Å². The van der Waals surface area contributed by atoms with Crippen LogP contribution >= 0.6 is 0 Å². The number of pyridine rings is 1. The average molecular weight is 367 g/mol. The number of nitrogens with zero attached hydrogens (tertiary/aromatic N) is 3. The van der Waals surface area contributed by atoms with Gasteiger partial charge >= 0.3 is 5.97 Å². The Morgan fingerprint density at radius 2 is 1.92 bits per heavy atom. The molecular weight excluding hydrogens is 342 g/mol. The van der Waals surface area contributed by atoms with Crippen molar-refractivity contribution in [1.82, 2.24) is 9.29 Å². The summed E-state index contributed by atoms with van der Waals surface area (Å²) in [6.45, 7) is 4.29. The largest absolute Gasteiger partial charge is 0.481 e. The van der Waals surface area contributed by atoms with Gasteiger partial charge in [-0.15, -0.1) is 0 Å². The summed E-state index contributed by atoms with van der Waals surface area (Å²) in [5.41, 5.74) is 0. The van der Waals surface area contributed by atoms with Crippen molar-refractivity contribution in [1.29, 1.82) is 0 Å². The molecule has 2 atom stereocenters. The van der Waals surface area contributed by atoms with Crippen LogP contribution in [0.1, 0.15) is 32.6 Å². The van der Waals surface area contributed by atoms with Gasteiger partial charge in [-0.2, -0.15) is 4.31 Å². The van der Waals surface area contributed by atoms with Crippen LogP contribution < -0.4 is 4.90 Å². The zero-order chi connectivity index (χ0) is 18.0. The number of carboxylic acids is 1. The molecule has 0 aliphatic carbocycles. The molecule has 25 heavy (non-hydrogen) atoms. The van der Waals surface area contributed by atoms with Gasteiger partial charge in [0, 0.05) is 32.4 Å². The maximum Gasteiger partial charge on any atom is 0.308 e. The molecular formula is C17H25N3O4S. The molecule has 1 aromatic rings. The monoisotopic (exact) mass is 367 g/mol. The quantitative estimate of drug-likeness (QED) is 0.873. The molecule has 0 amide bonds. The molecule has 0 aromatic carbocycles. The third-order valence-electron chi connectivity index (χ3n) is 5.01. The predicted octanol–water partition coefficient (Wildman–Crippen LogP) is 1.80. The summed E-state index contributed by atoms with van der Waals surface area (Å²) in [4.78, 5) is 17.8. The van der Waals surface area contributed by atoms with Gasteiger partial charge in [-0.25, -0.2) is 13.4 Å². The molecule has 138 valence electrons. The minimum Gasteiger partial charge on any atom is -0.481 e. The van der Waals surface area contributed by atoms with E-state index in [0.29, 0.717) is 31.9 Å². The number of hydrogen-bond acceptors (Lipinski definition) is 5. The smallest absolute Gasteiger partial charge is 0.308 e. The van der Waals surface area contributed by atoms with Gasteiger partial charge in [-0.05, 0) is 37.3 Å². The molecule has 3 heterocycles. The van der Waals surface area contributed by atoms with Gasteiger partial charge in [-0.1, -0.05) is 13.3 Å². The molecule has 8 heteroatoms. The number of hydrogen-bond donors (Lipinski definition) is 1. The van der Waals surface area contributed by atoms with Crippen LogP contribution in [-0.2, 0) is 14.8 Å². The van der Waals surface area contributed by atoms with Gasteiger partial charge in [0.05, 0.1) is 5.92 Å². The van der Waals surface area contributed by atoms with Crippen molar-refractivity contribution in [3.05, 3.63) is 18.3 Å². The molecule has 0 bridgehead atoms. The number of carboxylic acid groups (broad SMARTS) is 1. The maximum absolute atomic E-state index is 12.7. The van der Waals surface area contributed by atoms with Crippen LogP contribution in [0.4, 0.5) is 5.82 Å². The van der Waals surface area contributed by atoms with E-state index in [1.54, 1.807) is 12.1 Å². The third kappa shape index (κ3) is 3.95. The third-order valence-corrected chi connectivity index (χ3v) is 6.89. The Labute approximate surface area is 148 Å². The lowest BCUT2D eigenvalue weighted by Crippen LogP contribution is -2.43. The molecule has 2 fully saturated rings. The zero-order valence-corrected chi connectivity index (χ0v) is 15.3. The zero-order valence-electron chi connectivity index (χ0n) is 14.5. The number of anilines is 1. The molecule has 3 rings (SSSR count). The fraction of sp³-hybridized carbons (Fsp3) is 0.647. The Balaban J connectivity index is 1.76. The summed E-state index contributed by atoms with van der Waals surface area (Å²) >= 11 is 0. The number of rotatable bonds is 4. The van der Waals surface area contributed by atoms with Crippen LogP contribution in [-0.4, -0.2) is 55.0 Å². The van der Waals surface area contributed by atoms with Gasteiger partial charge < -0.3 is 10.0 Å². The molecule has 7 nitrogen and oxygen atoms in total. The minimum atomic E-state index is -3.49. The van der Waals surface area contributed by atoms with E-state index in [9.17, 15) is 18.3 Å². The molecule has 1 aromatic heterocycles. The molecule has 0 radical (unpaired) electrons. The minimum absolute atomic E-state index is 0.206. The van der Waals surface area contributed by atoms with Crippen molar-refractivity contribution in [2.45, 2.75) is 37.5 Å². The van der Waals surface area contributed by atoms with Gasteiger partial charge in [-0.3, -0.25) is 4.79 Å². The Hall–Kier alpha value is -1.67. The molecule has 0 spiro atoms. The van der Waals surface area contributed by atoms with Crippen molar-refractivity contribution in [3.8, 4) is 0 Å². The van der Waals surface area contributed by atoms with Crippen molar-refractivity contribution in [2.24, 2.45) is 11.8 Å². The summed E-state index contributed by atoms with van der Waals surface area (Å²) in [6, 6.07) is 3.27. The molecule has 2 aliphatic heterocycles. The second kappa shape index (κ2) is 7.29. The Morgan fingerprint density at radius 3 is 2.52 bits per heavy atom. The lowest BCUT2D eigenvalue weighted by atomic mass is 9.90. The van der Waals surface area contributed by atoms with Crippen LogP contribution in [0.5, 0.6) is 0 Å². The van der Waals surface area contributed by atoms with Gasteiger partial charge in [0.15, 0.2) is 0 Å². The highest BCUT2D eigenvalue weighted by Crippen LogP contribution is 2.27. The first-order chi connectivity index (χ1) is 11.9. The number of aliphatic carboxylic acids is 1. The van der Waals surface area contributed by atoms with Crippen LogP contribution in [0.3, 0.4) is 0 Å². The van der Waals surface area contributed by atoms with Gasteiger partial charge in [0.25, 0.3) is 0 Å². The van der Waals surface area contributed by atoms with E-state index in [1.807, 2.05) is 11.8 Å². The fourth-order valence-electron chi connectivity index (χ4n) is 3.68. The molecule has 2 unspecified atom stereocenters. The van der Waals surface area contributed by atoms with Gasteiger partial charge in [0.1, 0.15) is 10.7 Å². The topological polar surface area (TPSA) is 90.8 Å². The first kappa shape index (κ1) is 18.1. The summed E-state index contributed by atoms with van der Waals surface area (Å²) < 4.78 is 26.9. The summed E-state index contributed by atoms with van der Waals surface area (Å²) in [7, 11) is -3.49. The highest BCUT2D eigenvalue weighted by Gasteiger charge is 2.31. The Bertz CT molecular complexity index is 714. The van der Waals surface area contributed by atoms with Crippen LogP contribution in [0.25, 0.3) is 0 Å². The Morgan fingerprint density at radius 1 is 1.20 bits per heavy atom. The number of aromatic nitrogens is 1. The predicted molar refractivity (Wildman–Crippen MR) is 94.0 cm³/mol. The molecule has 2 aliphatic rings. The highest BCUT2D eigenvalue weighted by atomic mass is 32.2. The number of piperidine rings is 2. The van der Waals surface area contributed by atoms with Crippen molar-refractivity contribution >= 4 is 21.8 Å². The fourth-order valence-corrected chi connectivity index (χ4v) is 5.15. The van der Waals surface area contributed by atoms with E-state index >= 15 is 0 Å². The van der Waals surface area contributed by atoms with E-state index in [0.717, 1.165) is 25.8 Å². The van der Waals surface area contributed by atoms with Crippen LogP contribution in [0.2, 0.25) is 0 Å². The van der Waals surface area contributed by atoms with E-state index in [2.05, 4.69) is 4.98 Å². The first-order valence-electron chi connectivity index (χ1n) is 8.82. The Kier molecular flexibility index (Phi) is 5.29. The normalized spacial score (nSPS) is 25.7. The number of carbonyl (C=O) groups is 1. The standard InChI is InChI=1S/C17H25N3O4S/c1-13-9-14(17(21)22)12-19(11-13)16-6-5-15(10-18-16)25(23,24)20-7-3-2-4-8-20/h5-6,10,13-14H,2-4,7-9,11-12H2,1H3,(H,21,22). The van der Waals surface area contributed by atoms with Crippen molar-refractivity contribution < 1.29 is 18.3 Å². The van der Waals surface area contributed by atoms with Crippen LogP contribution in [0, 0.1) is 11.8 Å². The van der Waals surface area contributed by atoms with E-state index < -0.39 is 21.9 Å². The van der Waals surface area contributed by atoms with E-state index in [1.165, 1.54) is 10.5 Å².